The second-order valence-electron chi connectivity index (χ2n) is 11.4. The van der Waals surface area contributed by atoms with Crippen LogP contribution in [0.4, 0.5) is 4.79 Å². The highest BCUT2D eigenvalue weighted by Crippen LogP contribution is 2.31. The van der Waals surface area contributed by atoms with Crippen molar-refractivity contribution in [2.24, 2.45) is 5.92 Å². The summed E-state index contributed by atoms with van der Waals surface area (Å²) in [5.74, 6) is -2.56. The number of likely N-dealkylation sites (tertiary alicyclic amines) is 1. The maximum absolute atomic E-state index is 14.0. The predicted octanol–water partition coefficient (Wildman–Crippen LogP) is 3.21. The van der Waals surface area contributed by atoms with Crippen molar-refractivity contribution in [2.75, 3.05) is 13.1 Å². The van der Waals surface area contributed by atoms with Crippen molar-refractivity contribution in [3.8, 4) is 0 Å². The number of nitrogens with one attached hydrogen (secondary N) is 4. The molecule has 1 heterocycles. The van der Waals surface area contributed by atoms with Crippen LogP contribution < -0.4 is 21.3 Å². The van der Waals surface area contributed by atoms with Gasteiger partial charge < -0.3 is 26.2 Å². The summed E-state index contributed by atoms with van der Waals surface area (Å²) in [6.45, 7) is 15.6. The lowest BCUT2D eigenvalue weighted by molar-refractivity contribution is -0.143. The highest BCUT2D eigenvalue weighted by molar-refractivity contribution is 6.38. The molecule has 43 heavy (non-hydrogen) atoms. The van der Waals surface area contributed by atoms with Gasteiger partial charge in [-0.25, -0.2) is 4.79 Å². The van der Waals surface area contributed by atoms with E-state index in [0.29, 0.717) is 38.6 Å². The number of urea groups is 1. The van der Waals surface area contributed by atoms with E-state index in [4.69, 9.17) is 0 Å². The lowest BCUT2D eigenvalue weighted by atomic mass is 9.94. The molecule has 10 nitrogen and oxygen atoms in total. The molecule has 3 atom stereocenters. The largest absolute Gasteiger partial charge is 0.346 e. The molecule has 1 aromatic carbocycles. The van der Waals surface area contributed by atoms with Gasteiger partial charge in [0.1, 0.15) is 12.1 Å². The Morgan fingerprint density at radius 1 is 0.977 bits per heavy atom. The second kappa shape index (κ2) is 17.9. The monoisotopic (exact) mass is 595 g/mol. The fourth-order valence-corrected chi connectivity index (χ4v) is 5.37. The van der Waals surface area contributed by atoms with Crippen LogP contribution >= 0.6 is 0 Å². The first-order valence-corrected chi connectivity index (χ1v) is 15.4. The molecule has 236 valence electrons. The fourth-order valence-electron chi connectivity index (χ4n) is 5.37. The van der Waals surface area contributed by atoms with Gasteiger partial charge in [-0.1, -0.05) is 56.7 Å². The summed E-state index contributed by atoms with van der Waals surface area (Å²) >= 11 is 0. The fraction of sp³-hybridized carbons (Fsp3) is 0.545. The summed E-state index contributed by atoms with van der Waals surface area (Å²) in [4.78, 5) is 66.7. The number of rotatable bonds is 13. The smallest absolute Gasteiger partial charge is 0.315 e. The molecule has 1 aliphatic carbocycles. The third-order valence-electron chi connectivity index (χ3n) is 7.29. The molecule has 0 bridgehead atoms. The second-order valence-corrected chi connectivity index (χ2v) is 11.4. The SMILES string of the molecule is C=CCCC(NC(=O)[C@@H]1CCCN1C(=O)[C@@H](NC(=O)NC(C)C)C1Cc2ccccc2C1)C(=O)C(=O)NCC=C.CCC. The van der Waals surface area contributed by atoms with E-state index in [1.54, 1.807) is 6.08 Å². The van der Waals surface area contributed by atoms with Gasteiger partial charge in [-0.05, 0) is 69.4 Å². The standard InChI is InChI=1S/C30H41N5O5.C3H8/c1-5-7-13-23(26(36)28(38)31-15-6-2)33-27(37)24-14-10-16-35(24)29(39)25(34-30(40)32-19(3)4)22-17-20-11-8-9-12-21(20)18-22;1-3-2/h5-6,8-9,11-12,19,22-25H,1-2,7,10,13-18H2,3-4H3,(H,31,38)(H,33,37)(H2,32,34,40);3H2,1-2H3/t23?,24-,25-;/m0./s1. The van der Waals surface area contributed by atoms with Crippen LogP contribution in [0, 0.1) is 5.92 Å². The van der Waals surface area contributed by atoms with Crippen LogP contribution in [0.1, 0.15) is 70.9 Å². The zero-order valence-corrected chi connectivity index (χ0v) is 26.1. The Balaban J connectivity index is 0.00000206. The quantitative estimate of drug-likeness (QED) is 0.205. The summed E-state index contributed by atoms with van der Waals surface area (Å²) in [7, 11) is 0. The Labute approximate surface area is 256 Å². The number of hydrogen-bond acceptors (Lipinski definition) is 5. The van der Waals surface area contributed by atoms with Gasteiger partial charge in [0.2, 0.25) is 17.6 Å². The molecule has 1 aliphatic heterocycles. The Morgan fingerprint density at radius 2 is 1.60 bits per heavy atom. The van der Waals surface area contributed by atoms with Crippen molar-refractivity contribution in [1.82, 2.24) is 26.2 Å². The van der Waals surface area contributed by atoms with E-state index >= 15 is 0 Å². The molecule has 1 saturated heterocycles. The third-order valence-corrected chi connectivity index (χ3v) is 7.29. The molecule has 0 spiro atoms. The van der Waals surface area contributed by atoms with Crippen molar-refractivity contribution in [3.63, 3.8) is 0 Å². The molecule has 10 heteroatoms. The van der Waals surface area contributed by atoms with E-state index in [1.165, 1.54) is 17.4 Å². The summed E-state index contributed by atoms with van der Waals surface area (Å²) in [5.41, 5.74) is 2.29. The van der Waals surface area contributed by atoms with Crippen LogP contribution in [0.25, 0.3) is 0 Å². The van der Waals surface area contributed by atoms with Crippen LogP contribution in [0.3, 0.4) is 0 Å². The Hall–Kier alpha value is -3.95. The first-order valence-electron chi connectivity index (χ1n) is 15.4. The summed E-state index contributed by atoms with van der Waals surface area (Å²) in [6.07, 6.45) is 7.22. The zero-order chi connectivity index (χ0) is 31.9. The van der Waals surface area contributed by atoms with E-state index in [-0.39, 0.29) is 30.8 Å². The third kappa shape index (κ3) is 10.4. The molecule has 4 N–H and O–H groups in total. The minimum atomic E-state index is -1.05. The van der Waals surface area contributed by atoms with Gasteiger partial charge in [-0.15, -0.1) is 13.2 Å². The number of nitrogens with zero attached hydrogens (tertiary/aromatic N) is 1. The van der Waals surface area contributed by atoms with Crippen molar-refractivity contribution in [3.05, 3.63) is 60.7 Å². The minimum absolute atomic E-state index is 0.115. The van der Waals surface area contributed by atoms with Crippen LogP contribution in [0.5, 0.6) is 0 Å². The van der Waals surface area contributed by atoms with Crippen LogP contribution in [0.15, 0.2) is 49.6 Å². The maximum atomic E-state index is 14.0. The topological polar surface area (TPSA) is 137 Å². The van der Waals surface area contributed by atoms with Gasteiger partial charge in [0.25, 0.3) is 5.91 Å². The van der Waals surface area contributed by atoms with Crippen molar-refractivity contribution < 1.29 is 24.0 Å². The van der Waals surface area contributed by atoms with Gasteiger partial charge in [-0.3, -0.25) is 19.2 Å². The summed E-state index contributed by atoms with van der Waals surface area (Å²) in [5, 5.41) is 10.8. The normalized spacial score (nSPS) is 17.0. The highest BCUT2D eigenvalue weighted by atomic mass is 16.2. The van der Waals surface area contributed by atoms with Gasteiger partial charge in [0.15, 0.2) is 0 Å². The van der Waals surface area contributed by atoms with E-state index in [0.717, 1.165) is 11.1 Å². The molecule has 5 amide bonds. The number of amides is 5. The molecule has 1 aromatic rings. The average molecular weight is 596 g/mol. The molecular weight excluding hydrogens is 546 g/mol. The van der Waals surface area contributed by atoms with Crippen LogP contribution in [-0.2, 0) is 32.0 Å². The van der Waals surface area contributed by atoms with E-state index in [2.05, 4.69) is 48.3 Å². The Morgan fingerprint density at radius 3 is 2.16 bits per heavy atom. The summed E-state index contributed by atoms with van der Waals surface area (Å²) in [6, 6.07) is 4.72. The first kappa shape index (κ1) is 35.2. The number of carbonyl (C=O) groups excluding carboxylic acids is 5. The minimum Gasteiger partial charge on any atom is -0.346 e. The highest BCUT2D eigenvalue weighted by Gasteiger charge is 2.42. The van der Waals surface area contributed by atoms with E-state index in [9.17, 15) is 24.0 Å². The molecule has 3 rings (SSSR count). The first-order chi connectivity index (χ1) is 20.6. The van der Waals surface area contributed by atoms with Gasteiger partial charge >= 0.3 is 6.03 Å². The van der Waals surface area contributed by atoms with Gasteiger partial charge in [-0.2, -0.15) is 0 Å². The Bertz CT molecular complexity index is 1130. The number of fused-ring (bicyclic) bond motifs is 1. The molecular formula is C33H49N5O5. The van der Waals surface area contributed by atoms with E-state index < -0.39 is 41.8 Å². The number of Topliss-reactive ketones (excluding diaryl/α,β-unsaturated/α-hetero) is 1. The average Bonchev–Trinajstić information content (AvgIpc) is 3.64. The number of hydrogen-bond donors (Lipinski definition) is 4. The number of carbonyl (C=O) groups is 5. The molecule has 1 fully saturated rings. The molecule has 0 radical (unpaired) electrons. The molecule has 0 aromatic heterocycles. The van der Waals surface area contributed by atoms with Gasteiger partial charge in [0, 0.05) is 19.1 Å². The van der Waals surface area contributed by atoms with E-state index in [1.807, 2.05) is 38.1 Å². The van der Waals surface area contributed by atoms with Gasteiger partial charge in [0.05, 0.1) is 6.04 Å². The molecule has 2 aliphatic rings. The Kier molecular flexibility index (Phi) is 14.7. The molecule has 1 unspecified atom stereocenters. The number of benzene rings is 1. The number of allylic oxidation sites excluding steroid dienone is 1. The van der Waals surface area contributed by atoms with Crippen molar-refractivity contribution in [2.45, 2.75) is 96.8 Å². The lowest BCUT2D eigenvalue weighted by Gasteiger charge is -2.32. The van der Waals surface area contributed by atoms with Crippen LogP contribution in [-0.4, -0.2) is 71.7 Å². The number of ketones is 1. The predicted molar refractivity (Wildman–Crippen MR) is 168 cm³/mol. The molecule has 0 saturated carbocycles. The van der Waals surface area contributed by atoms with Crippen molar-refractivity contribution >= 4 is 29.5 Å². The van der Waals surface area contributed by atoms with Crippen molar-refractivity contribution in [1.29, 1.82) is 0 Å². The maximum Gasteiger partial charge on any atom is 0.315 e. The lowest BCUT2D eigenvalue weighted by Crippen LogP contribution is -2.59. The summed E-state index contributed by atoms with van der Waals surface area (Å²) < 4.78 is 0. The zero-order valence-electron chi connectivity index (χ0n) is 26.1. The van der Waals surface area contributed by atoms with Crippen LogP contribution in [0.2, 0.25) is 0 Å².